The second-order valence-corrected chi connectivity index (χ2v) is 4.77. The number of nitrogens with zero attached hydrogens (tertiary/aromatic N) is 1. The van der Waals surface area contributed by atoms with Crippen molar-refractivity contribution in [2.45, 2.75) is 19.9 Å². The second kappa shape index (κ2) is 4.75. The van der Waals surface area contributed by atoms with Crippen molar-refractivity contribution in [3.63, 3.8) is 0 Å². The molecule has 1 aromatic carbocycles. The predicted octanol–water partition coefficient (Wildman–Crippen LogP) is 0.884. The summed E-state index contributed by atoms with van der Waals surface area (Å²) in [6.45, 7) is 4.01. The number of anilines is 1. The summed E-state index contributed by atoms with van der Waals surface area (Å²) in [6, 6.07) is 5.91. The fourth-order valence-corrected chi connectivity index (χ4v) is 2.22. The Hall–Kier alpha value is -1.55. The number of nitrogen functional groups attached to an aromatic ring is 1. The lowest BCUT2D eigenvalue weighted by Gasteiger charge is -2.17. The highest BCUT2D eigenvalue weighted by molar-refractivity contribution is 5.78. The first-order chi connectivity index (χ1) is 8.10. The molecule has 4 heteroatoms. The molecule has 92 valence electrons. The van der Waals surface area contributed by atoms with Gasteiger partial charge in [-0.1, -0.05) is 12.1 Å². The zero-order valence-electron chi connectivity index (χ0n) is 10.1. The zero-order valence-corrected chi connectivity index (χ0v) is 10.1. The van der Waals surface area contributed by atoms with Gasteiger partial charge in [0.1, 0.15) is 0 Å². The smallest absolute Gasteiger partial charge is 0.223 e. The molecule has 1 atom stereocenters. The molecule has 1 aliphatic heterocycles. The fraction of sp³-hybridized carbons (Fsp3) is 0.462. The maximum absolute atomic E-state index is 11.7. The third-order valence-electron chi connectivity index (χ3n) is 3.34. The molecule has 4 nitrogen and oxygen atoms in total. The molecule has 1 heterocycles. The Balaban J connectivity index is 2.06. The quantitative estimate of drug-likeness (QED) is 0.761. The van der Waals surface area contributed by atoms with Crippen LogP contribution >= 0.6 is 0 Å². The van der Waals surface area contributed by atoms with Crippen LogP contribution in [-0.2, 0) is 11.3 Å². The van der Waals surface area contributed by atoms with E-state index in [0.29, 0.717) is 25.4 Å². The Morgan fingerprint density at radius 1 is 1.47 bits per heavy atom. The van der Waals surface area contributed by atoms with Gasteiger partial charge >= 0.3 is 0 Å². The molecule has 0 aromatic heterocycles. The maximum atomic E-state index is 11.7. The Kier molecular flexibility index (Phi) is 3.33. The monoisotopic (exact) mass is 233 g/mol. The van der Waals surface area contributed by atoms with Crippen molar-refractivity contribution in [3.8, 4) is 0 Å². The van der Waals surface area contributed by atoms with Crippen LogP contribution in [0, 0.1) is 12.8 Å². The third-order valence-corrected chi connectivity index (χ3v) is 3.34. The number of nitrogens with two attached hydrogens (primary N) is 2. The average Bonchev–Trinajstić information content (AvgIpc) is 2.65. The highest BCUT2D eigenvalue weighted by Gasteiger charge is 2.28. The van der Waals surface area contributed by atoms with Crippen molar-refractivity contribution in [2.24, 2.45) is 11.7 Å². The lowest BCUT2D eigenvalue weighted by atomic mass is 10.1. The van der Waals surface area contributed by atoms with Crippen LogP contribution in [0.15, 0.2) is 18.2 Å². The van der Waals surface area contributed by atoms with Crippen molar-refractivity contribution >= 4 is 11.6 Å². The van der Waals surface area contributed by atoms with E-state index in [1.807, 2.05) is 30.0 Å². The lowest BCUT2D eigenvalue weighted by Crippen LogP contribution is -2.25. The Morgan fingerprint density at radius 2 is 2.24 bits per heavy atom. The standard InChI is InChI=1S/C13H19N3O/c1-9-4-10(2-3-12(9)15)7-16-8-11(6-14)5-13(16)17/h2-4,11H,5-8,14-15H2,1H3. The van der Waals surface area contributed by atoms with Gasteiger partial charge in [0.25, 0.3) is 0 Å². The van der Waals surface area contributed by atoms with Gasteiger partial charge in [0.15, 0.2) is 0 Å². The van der Waals surface area contributed by atoms with E-state index in [0.717, 1.165) is 23.4 Å². The van der Waals surface area contributed by atoms with Gasteiger partial charge in [0, 0.05) is 25.2 Å². The molecule has 1 aromatic rings. The lowest BCUT2D eigenvalue weighted by molar-refractivity contribution is -0.128. The molecular formula is C13H19N3O. The van der Waals surface area contributed by atoms with E-state index in [1.54, 1.807) is 0 Å². The van der Waals surface area contributed by atoms with E-state index in [1.165, 1.54) is 0 Å². The van der Waals surface area contributed by atoms with Crippen molar-refractivity contribution in [1.82, 2.24) is 4.90 Å². The van der Waals surface area contributed by atoms with E-state index in [4.69, 9.17) is 11.5 Å². The topological polar surface area (TPSA) is 72.3 Å². The summed E-state index contributed by atoms with van der Waals surface area (Å²) in [5.74, 6) is 0.521. The summed E-state index contributed by atoms with van der Waals surface area (Å²) in [7, 11) is 0. The van der Waals surface area contributed by atoms with Crippen LogP contribution in [0.2, 0.25) is 0 Å². The summed E-state index contributed by atoms with van der Waals surface area (Å²) in [5, 5.41) is 0. The van der Waals surface area contributed by atoms with E-state index in [-0.39, 0.29) is 5.91 Å². The molecule has 0 saturated carbocycles. The van der Waals surface area contributed by atoms with Crippen molar-refractivity contribution in [2.75, 3.05) is 18.8 Å². The minimum Gasteiger partial charge on any atom is -0.399 e. The zero-order chi connectivity index (χ0) is 12.4. The van der Waals surface area contributed by atoms with Crippen molar-refractivity contribution < 1.29 is 4.79 Å². The first-order valence-electron chi connectivity index (χ1n) is 5.93. The summed E-state index contributed by atoms with van der Waals surface area (Å²) in [4.78, 5) is 13.6. The molecule has 1 aliphatic rings. The molecule has 0 bridgehead atoms. The number of rotatable bonds is 3. The van der Waals surface area contributed by atoms with Gasteiger partial charge in [-0.2, -0.15) is 0 Å². The number of hydrogen-bond acceptors (Lipinski definition) is 3. The number of amides is 1. The van der Waals surface area contributed by atoms with Gasteiger partial charge in [0.2, 0.25) is 5.91 Å². The molecule has 0 spiro atoms. The second-order valence-electron chi connectivity index (χ2n) is 4.77. The van der Waals surface area contributed by atoms with E-state index < -0.39 is 0 Å². The van der Waals surface area contributed by atoms with E-state index in [2.05, 4.69) is 0 Å². The summed E-state index contributed by atoms with van der Waals surface area (Å²) in [6.07, 6.45) is 0.588. The molecule has 1 fully saturated rings. The van der Waals surface area contributed by atoms with Crippen LogP contribution in [0.3, 0.4) is 0 Å². The van der Waals surface area contributed by atoms with Crippen LogP contribution in [0.4, 0.5) is 5.69 Å². The number of benzene rings is 1. The van der Waals surface area contributed by atoms with Gasteiger partial charge in [-0.25, -0.2) is 0 Å². The Bertz CT molecular complexity index is 431. The van der Waals surface area contributed by atoms with E-state index >= 15 is 0 Å². The van der Waals surface area contributed by atoms with Crippen LogP contribution in [-0.4, -0.2) is 23.9 Å². The van der Waals surface area contributed by atoms with Crippen LogP contribution in [0.1, 0.15) is 17.5 Å². The molecule has 1 amide bonds. The van der Waals surface area contributed by atoms with Gasteiger partial charge in [-0.15, -0.1) is 0 Å². The van der Waals surface area contributed by atoms with Gasteiger partial charge in [-0.3, -0.25) is 4.79 Å². The summed E-state index contributed by atoms with van der Waals surface area (Å²) < 4.78 is 0. The SMILES string of the molecule is Cc1cc(CN2CC(CN)CC2=O)ccc1N. The Labute approximate surface area is 102 Å². The normalized spacial score (nSPS) is 20.0. The first-order valence-corrected chi connectivity index (χ1v) is 5.93. The molecule has 1 unspecified atom stereocenters. The van der Waals surface area contributed by atoms with Crippen molar-refractivity contribution in [1.29, 1.82) is 0 Å². The molecule has 17 heavy (non-hydrogen) atoms. The highest BCUT2D eigenvalue weighted by Crippen LogP contribution is 2.20. The third kappa shape index (κ3) is 2.58. The molecule has 4 N–H and O–H groups in total. The van der Waals surface area contributed by atoms with Crippen LogP contribution in [0.25, 0.3) is 0 Å². The number of aryl methyl sites for hydroxylation is 1. The molecule has 0 aliphatic carbocycles. The Morgan fingerprint density at radius 3 is 2.82 bits per heavy atom. The minimum atomic E-state index is 0.204. The van der Waals surface area contributed by atoms with Gasteiger partial charge < -0.3 is 16.4 Å². The molecular weight excluding hydrogens is 214 g/mol. The molecule has 0 radical (unpaired) electrons. The highest BCUT2D eigenvalue weighted by atomic mass is 16.2. The van der Waals surface area contributed by atoms with E-state index in [9.17, 15) is 4.79 Å². The maximum Gasteiger partial charge on any atom is 0.223 e. The summed E-state index contributed by atoms with van der Waals surface area (Å²) >= 11 is 0. The summed E-state index contributed by atoms with van der Waals surface area (Å²) in [5.41, 5.74) is 14.4. The van der Waals surface area contributed by atoms with Gasteiger partial charge in [0.05, 0.1) is 0 Å². The molecule has 1 saturated heterocycles. The minimum absolute atomic E-state index is 0.204. The predicted molar refractivity (Wildman–Crippen MR) is 68.2 cm³/mol. The molecule has 2 rings (SSSR count). The number of carbonyl (C=O) groups is 1. The largest absolute Gasteiger partial charge is 0.399 e. The number of carbonyl (C=O) groups excluding carboxylic acids is 1. The number of hydrogen-bond donors (Lipinski definition) is 2. The fourth-order valence-electron chi connectivity index (χ4n) is 2.22. The van der Waals surface area contributed by atoms with Gasteiger partial charge in [-0.05, 0) is 36.6 Å². The van der Waals surface area contributed by atoms with Crippen molar-refractivity contribution in [3.05, 3.63) is 29.3 Å². The number of likely N-dealkylation sites (tertiary alicyclic amines) is 1. The first kappa shape index (κ1) is 11.9. The van der Waals surface area contributed by atoms with Crippen LogP contribution in [0.5, 0.6) is 0 Å². The van der Waals surface area contributed by atoms with Crippen LogP contribution < -0.4 is 11.5 Å². The average molecular weight is 233 g/mol.